The molecule has 0 fully saturated rings. The van der Waals surface area contributed by atoms with Crippen LogP contribution in [-0.4, -0.2) is 16.8 Å². The number of benzene rings is 2. The van der Waals surface area contributed by atoms with Crippen molar-refractivity contribution in [2.24, 2.45) is 0 Å². The molecular weight excluding hydrogens is 330 g/mol. The average molecular weight is 345 g/mol. The molecule has 0 amide bonds. The summed E-state index contributed by atoms with van der Waals surface area (Å²) in [6, 6.07) is 16.7. The summed E-state index contributed by atoms with van der Waals surface area (Å²) in [5.41, 5.74) is 2.97. The van der Waals surface area contributed by atoms with Crippen molar-refractivity contribution in [1.29, 1.82) is 5.26 Å². The second-order valence-corrected chi connectivity index (χ2v) is 5.73. The Hall–Kier alpha value is -3.79. The molecule has 1 aliphatic rings. The van der Waals surface area contributed by atoms with Gasteiger partial charge in [-0.05, 0) is 37.3 Å². The predicted octanol–water partition coefficient (Wildman–Crippen LogP) is 3.87. The quantitative estimate of drug-likeness (QED) is 0.741. The van der Waals surface area contributed by atoms with E-state index in [4.69, 9.17) is 14.7 Å². The van der Waals surface area contributed by atoms with Crippen molar-refractivity contribution in [3.63, 3.8) is 0 Å². The van der Waals surface area contributed by atoms with Gasteiger partial charge in [-0.3, -0.25) is 0 Å². The topological polar surface area (TPSA) is 92.1 Å². The number of nitriles is 1. The number of aryl methyl sites for hydroxylation is 1. The Balaban J connectivity index is 1.57. The molecule has 7 nitrogen and oxygen atoms in total. The Morgan fingerprint density at radius 1 is 0.962 bits per heavy atom. The molecule has 0 spiro atoms. The second kappa shape index (κ2) is 6.61. The molecule has 0 bridgehead atoms. The van der Waals surface area contributed by atoms with Gasteiger partial charge in [0.2, 0.25) is 12.7 Å². The standard InChI is InChI=1S/C19H15N5O2/c1-12-7-18(22-15-5-6-16-17(9-15)26-11-25-16)24-19(21-12)23-14-4-2-3-13(8-14)10-20/h2-9H,11H2,1H3,(H2,21,22,23,24). The van der Waals surface area contributed by atoms with Crippen LogP contribution in [0, 0.1) is 18.3 Å². The molecule has 4 rings (SSSR count). The molecule has 1 aliphatic heterocycles. The van der Waals surface area contributed by atoms with Crippen LogP contribution in [0.25, 0.3) is 0 Å². The van der Waals surface area contributed by atoms with Gasteiger partial charge in [0.1, 0.15) is 5.82 Å². The van der Waals surface area contributed by atoms with Crippen LogP contribution in [0.4, 0.5) is 23.1 Å². The van der Waals surface area contributed by atoms with Crippen molar-refractivity contribution in [3.05, 3.63) is 59.8 Å². The molecule has 0 atom stereocenters. The molecule has 0 saturated carbocycles. The first-order valence-corrected chi connectivity index (χ1v) is 7.99. The first-order valence-electron chi connectivity index (χ1n) is 7.99. The van der Waals surface area contributed by atoms with E-state index < -0.39 is 0 Å². The van der Waals surface area contributed by atoms with E-state index in [-0.39, 0.29) is 6.79 Å². The van der Waals surface area contributed by atoms with Crippen LogP contribution in [0.5, 0.6) is 11.5 Å². The van der Waals surface area contributed by atoms with Gasteiger partial charge in [-0.2, -0.15) is 10.2 Å². The van der Waals surface area contributed by atoms with Crippen molar-refractivity contribution in [2.45, 2.75) is 6.92 Å². The van der Waals surface area contributed by atoms with Crippen molar-refractivity contribution >= 4 is 23.1 Å². The number of aromatic nitrogens is 2. The lowest BCUT2D eigenvalue weighted by Crippen LogP contribution is -2.02. The summed E-state index contributed by atoms with van der Waals surface area (Å²) in [5.74, 6) is 2.53. The third-order valence-corrected chi connectivity index (χ3v) is 3.75. The largest absolute Gasteiger partial charge is 0.454 e. The number of nitrogens with zero attached hydrogens (tertiary/aromatic N) is 3. The summed E-state index contributed by atoms with van der Waals surface area (Å²) in [4.78, 5) is 8.88. The third-order valence-electron chi connectivity index (χ3n) is 3.75. The Kier molecular flexibility index (Phi) is 4.00. The molecular formula is C19H15N5O2. The fourth-order valence-electron chi connectivity index (χ4n) is 2.61. The van der Waals surface area contributed by atoms with Gasteiger partial charge in [-0.15, -0.1) is 0 Å². The van der Waals surface area contributed by atoms with Crippen LogP contribution in [-0.2, 0) is 0 Å². The minimum absolute atomic E-state index is 0.237. The number of rotatable bonds is 4. The van der Waals surface area contributed by atoms with Crippen LogP contribution < -0.4 is 20.1 Å². The lowest BCUT2D eigenvalue weighted by atomic mass is 10.2. The number of ether oxygens (including phenoxy) is 2. The first-order chi connectivity index (χ1) is 12.7. The predicted molar refractivity (Wildman–Crippen MR) is 97.1 cm³/mol. The third kappa shape index (κ3) is 3.35. The van der Waals surface area contributed by atoms with Crippen LogP contribution >= 0.6 is 0 Å². The maximum Gasteiger partial charge on any atom is 0.231 e. The molecule has 0 saturated heterocycles. The van der Waals surface area contributed by atoms with Crippen molar-refractivity contribution in [2.75, 3.05) is 17.4 Å². The molecule has 7 heteroatoms. The SMILES string of the molecule is Cc1cc(Nc2ccc3c(c2)OCO3)nc(Nc2cccc(C#N)c2)n1. The molecule has 128 valence electrons. The first kappa shape index (κ1) is 15.7. The number of hydrogen-bond donors (Lipinski definition) is 2. The Morgan fingerprint density at radius 3 is 2.69 bits per heavy atom. The van der Waals surface area contributed by atoms with Gasteiger partial charge in [-0.1, -0.05) is 6.07 Å². The minimum atomic E-state index is 0.237. The van der Waals surface area contributed by atoms with E-state index in [0.29, 0.717) is 23.1 Å². The van der Waals surface area contributed by atoms with Gasteiger partial charge < -0.3 is 20.1 Å². The maximum atomic E-state index is 9.01. The number of fused-ring (bicyclic) bond motifs is 1. The van der Waals surface area contributed by atoms with E-state index in [2.05, 4.69) is 26.7 Å². The van der Waals surface area contributed by atoms with Crippen LogP contribution in [0.1, 0.15) is 11.3 Å². The molecule has 3 aromatic rings. The highest BCUT2D eigenvalue weighted by molar-refractivity contribution is 5.64. The summed E-state index contributed by atoms with van der Waals surface area (Å²) in [5, 5.41) is 15.4. The highest BCUT2D eigenvalue weighted by atomic mass is 16.7. The lowest BCUT2D eigenvalue weighted by Gasteiger charge is -2.10. The van der Waals surface area contributed by atoms with Gasteiger partial charge in [0.25, 0.3) is 0 Å². The molecule has 1 aromatic heterocycles. The highest BCUT2D eigenvalue weighted by Gasteiger charge is 2.13. The summed E-state index contributed by atoms with van der Waals surface area (Å²) in [7, 11) is 0. The molecule has 0 unspecified atom stereocenters. The van der Waals surface area contributed by atoms with Gasteiger partial charge in [0.15, 0.2) is 11.5 Å². The van der Waals surface area contributed by atoms with E-state index in [1.165, 1.54) is 0 Å². The Labute approximate surface area is 150 Å². The molecule has 2 N–H and O–H groups in total. The fourth-order valence-corrected chi connectivity index (χ4v) is 2.61. The van der Waals surface area contributed by atoms with Gasteiger partial charge in [-0.25, -0.2) is 4.98 Å². The zero-order valence-electron chi connectivity index (χ0n) is 14.0. The lowest BCUT2D eigenvalue weighted by molar-refractivity contribution is 0.174. The highest BCUT2D eigenvalue weighted by Crippen LogP contribution is 2.35. The smallest absolute Gasteiger partial charge is 0.231 e. The summed E-state index contributed by atoms with van der Waals surface area (Å²) in [6.07, 6.45) is 0. The number of anilines is 4. The molecule has 0 radical (unpaired) electrons. The van der Waals surface area contributed by atoms with E-state index in [1.807, 2.05) is 43.3 Å². The van der Waals surface area contributed by atoms with Gasteiger partial charge in [0, 0.05) is 29.2 Å². The Bertz CT molecular complexity index is 1010. The molecule has 2 aromatic carbocycles. The summed E-state index contributed by atoms with van der Waals surface area (Å²) >= 11 is 0. The maximum absolute atomic E-state index is 9.01. The molecule has 0 aliphatic carbocycles. The van der Waals surface area contributed by atoms with Crippen LogP contribution in [0.3, 0.4) is 0 Å². The number of hydrogen-bond acceptors (Lipinski definition) is 7. The molecule has 2 heterocycles. The normalized spacial score (nSPS) is 11.7. The van der Waals surface area contributed by atoms with Crippen LogP contribution in [0.15, 0.2) is 48.5 Å². The van der Waals surface area contributed by atoms with Crippen molar-refractivity contribution in [1.82, 2.24) is 9.97 Å². The number of nitrogens with one attached hydrogen (secondary N) is 2. The molecule has 26 heavy (non-hydrogen) atoms. The average Bonchev–Trinajstić information content (AvgIpc) is 3.09. The van der Waals surface area contributed by atoms with E-state index in [0.717, 1.165) is 22.8 Å². The van der Waals surface area contributed by atoms with Gasteiger partial charge in [0.05, 0.1) is 11.6 Å². The zero-order valence-corrected chi connectivity index (χ0v) is 14.0. The van der Waals surface area contributed by atoms with E-state index >= 15 is 0 Å². The van der Waals surface area contributed by atoms with Crippen LogP contribution in [0.2, 0.25) is 0 Å². The fraction of sp³-hybridized carbons (Fsp3) is 0.105. The summed E-state index contributed by atoms with van der Waals surface area (Å²) < 4.78 is 10.7. The van der Waals surface area contributed by atoms with Crippen molar-refractivity contribution in [3.8, 4) is 17.6 Å². The Morgan fingerprint density at radius 2 is 1.81 bits per heavy atom. The monoisotopic (exact) mass is 345 g/mol. The van der Waals surface area contributed by atoms with Crippen molar-refractivity contribution < 1.29 is 9.47 Å². The van der Waals surface area contributed by atoms with E-state index in [1.54, 1.807) is 12.1 Å². The van der Waals surface area contributed by atoms with E-state index in [9.17, 15) is 0 Å². The second-order valence-electron chi connectivity index (χ2n) is 5.73. The summed E-state index contributed by atoms with van der Waals surface area (Å²) in [6.45, 7) is 2.13. The zero-order chi connectivity index (χ0) is 17.9. The minimum Gasteiger partial charge on any atom is -0.454 e. The van der Waals surface area contributed by atoms with Gasteiger partial charge >= 0.3 is 0 Å².